The minimum Gasteiger partial charge on any atom is -0.463 e. The molecule has 6 rings (SSSR count). The van der Waals surface area contributed by atoms with Crippen LogP contribution in [0.5, 0.6) is 6.01 Å². The Morgan fingerprint density at radius 2 is 2.13 bits per heavy atom. The predicted octanol–water partition coefficient (Wildman–Crippen LogP) is 5.95. The van der Waals surface area contributed by atoms with E-state index in [-0.39, 0.29) is 96.3 Å². The van der Waals surface area contributed by atoms with Crippen molar-refractivity contribution >= 4 is 54.7 Å². The molecule has 2 aromatic carbocycles. The molecule has 0 saturated carbocycles. The fourth-order valence-electron chi connectivity index (χ4n) is 6.47. The van der Waals surface area contributed by atoms with Crippen molar-refractivity contribution in [3.63, 3.8) is 0 Å². The Morgan fingerprint density at radius 1 is 1.33 bits per heavy atom. The number of nitrogens with two attached hydrogens (primary N) is 1. The zero-order valence-corrected chi connectivity index (χ0v) is 26.7. The summed E-state index contributed by atoms with van der Waals surface area (Å²) in [6, 6.07) is 8.34. The lowest BCUT2D eigenvalue weighted by atomic mass is 9.73. The maximum absolute atomic E-state index is 17.0. The molecule has 2 aromatic heterocycles. The molecule has 4 aromatic rings. The number of likely N-dealkylation sites (tertiary alicyclic amines) is 1. The largest absolute Gasteiger partial charge is 0.463 e. The van der Waals surface area contributed by atoms with E-state index in [1.54, 1.807) is 30.0 Å². The van der Waals surface area contributed by atoms with Crippen molar-refractivity contribution in [3.05, 3.63) is 40.7 Å². The molecular weight excluding hydrogens is 641 g/mol. The van der Waals surface area contributed by atoms with Gasteiger partial charge in [0.1, 0.15) is 28.0 Å². The normalized spacial score (nSPS) is 25.7. The zero-order chi connectivity index (χ0) is 35.5. The number of aromatic nitrogens is 2. The molecule has 0 aliphatic carbocycles. The van der Waals surface area contributed by atoms with Gasteiger partial charge in [0.25, 0.3) is 0 Å². The highest BCUT2D eigenvalue weighted by atomic mass is 35.5. The summed E-state index contributed by atoms with van der Waals surface area (Å²) >= 11 is 8.00. The number of β-amino-alcohol motifs (C(OH)–C–C–N with tert-alkyl or cyclic N) is 1. The zero-order valence-electron chi connectivity index (χ0n) is 28.1. The van der Waals surface area contributed by atoms with Gasteiger partial charge in [-0.15, -0.1) is 11.3 Å². The minimum atomic E-state index is -2.74. The van der Waals surface area contributed by atoms with Crippen molar-refractivity contribution in [2.45, 2.75) is 32.3 Å². The number of benzene rings is 2. The predicted molar refractivity (Wildman–Crippen MR) is 173 cm³/mol. The van der Waals surface area contributed by atoms with Crippen LogP contribution in [-0.4, -0.2) is 85.0 Å². The van der Waals surface area contributed by atoms with E-state index in [9.17, 15) is 19.1 Å². The van der Waals surface area contributed by atoms with Gasteiger partial charge in [-0.1, -0.05) is 30.7 Å². The van der Waals surface area contributed by atoms with Gasteiger partial charge in [-0.3, -0.25) is 0 Å². The molecule has 2 aliphatic rings. The number of hydrogen-bond acceptors (Lipinski definition) is 10. The van der Waals surface area contributed by atoms with Crippen LogP contribution in [0.25, 0.3) is 32.1 Å². The van der Waals surface area contributed by atoms with Gasteiger partial charge in [-0.05, 0) is 44.6 Å². The molecule has 14 heteroatoms. The second-order valence-corrected chi connectivity index (χ2v) is 14.0. The third kappa shape index (κ3) is 5.93. The highest BCUT2D eigenvalue weighted by Crippen LogP contribution is 2.45. The smallest absolute Gasteiger partial charge is 0.319 e. The fourth-order valence-corrected chi connectivity index (χ4v) is 7.71. The monoisotopic (exact) mass is 677 g/mol. The van der Waals surface area contributed by atoms with Crippen LogP contribution in [0.4, 0.5) is 24.0 Å². The molecule has 0 amide bonds. The summed E-state index contributed by atoms with van der Waals surface area (Å²) in [7, 11) is 0. The first-order valence-corrected chi connectivity index (χ1v) is 15.8. The first-order chi connectivity index (χ1) is 23.0. The van der Waals surface area contributed by atoms with Crippen LogP contribution in [0.2, 0.25) is 5.02 Å². The number of nitriles is 1. The fraction of sp³-hybridized carbons (Fsp3) is 0.469. The van der Waals surface area contributed by atoms with Crippen molar-refractivity contribution in [3.8, 4) is 23.2 Å². The second kappa shape index (κ2) is 12.3. The van der Waals surface area contributed by atoms with Crippen molar-refractivity contribution in [1.82, 2.24) is 14.9 Å². The first kappa shape index (κ1) is 28.8. The summed E-state index contributed by atoms with van der Waals surface area (Å²) in [4.78, 5) is 11.9. The molecule has 3 N–H and O–H groups in total. The molecule has 0 radical (unpaired) electrons. The summed E-state index contributed by atoms with van der Waals surface area (Å²) < 4.78 is 81.3. The molecule has 2 fully saturated rings. The summed E-state index contributed by atoms with van der Waals surface area (Å²) in [5.74, 6) is -1.87. The van der Waals surface area contributed by atoms with E-state index in [1.807, 2.05) is 0 Å². The van der Waals surface area contributed by atoms with E-state index in [4.69, 9.17) is 30.9 Å². The Labute approximate surface area is 277 Å². The van der Waals surface area contributed by atoms with Gasteiger partial charge in [0.2, 0.25) is 6.43 Å². The number of anilines is 2. The molecule has 3 atom stereocenters. The van der Waals surface area contributed by atoms with E-state index in [1.165, 1.54) is 29.2 Å². The Balaban J connectivity index is 1.51. The van der Waals surface area contributed by atoms with Crippen molar-refractivity contribution in [1.29, 1.82) is 5.26 Å². The van der Waals surface area contributed by atoms with Crippen LogP contribution >= 0.6 is 22.9 Å². The van der Waals surface area contributed by atoms with Crippen LogP contribution in [0.15, 0.2) is 24.3 Å². The van der Waals surface area contributed by atoms with Gasteiger partial charge < -0.3 is 30.1 Å². The number of piperidine rings is 1. The number of halogens is 4. The summed E-state index contributed by atoms with van der Waals surface area (Å²) in [5, 5.41) is 21.7. The van der Waals surface area contributed by atoms with Crippen molar-refractivity contribution in [2.75, 3.05) is 63.6 Å². The topological polar surface area (TPSA) is 121 Å². The van der Waals surface area contributed by atoms with Crippen molar-refractivity contribution in [2.24, 2.45) is 11.3 Å². The molecule has 0 unspecified atom stereocenters. The molecule has 2 saturated heterocycles. The standard InChI is InChI=1S/C32H34ClF3N6O3S/c1-31(13-41(3)8-7-20(31)27(35)36)15-45-30-39-26-18(29(40-30)42-9-10-44-16-32(2,43)14-42)11-21(33)24(25(26)34)17-5-4-6-22-23(17)19(12-37)28(38)46-22/h4-6,11,20,27,43H,7-10,13-16,38H2,1-3H3/t20-,31+,32+/m1/s1/i3D3. The molecule has 9 nitrogen and oxygen atoms in total. The van der Waals surface area contributed by atoms with Crippen LogP contribution in [-0.2, 0) is 4.74 Å². The number of nitrogens with zero attached hydrogens (tertiary/aromatic N) is 5. The molecule has 0 bridgehead atoms. The van der Waals surface area contributed by atoms with Gasteiger partial charge in [0, 0.05) is 49.6 Å². The van der Waals surface area contributed by atoms with E-state index >= 15 is 4.39 Å². The van der Waals surface area contributed by atoms with Crippen LogP contribution < -0.4 is 15.4 Å². The third-order valence-electron chi connectivity index (χ3n) is 8.71. The van der Waals surface area contributed by atoms with E-state index in [2.05, 4.69) is 16.0 Å². The summed E-state index contributed by atoms with van der Waals surface area (Å²) in [6.45, 7) is 0.551. The van der Waals surface area contributed by atoms with Gasteiger partial charge in [-0.2, -0.15) is 15.2 Å². The number of fused-ring (bicyclic) bond motifs is 2. The number of hydrogen-bond donors (Lipinski definition) is 2. The SMILES string of the molecule is [2H]C([2H])([2H])N1CC[C@H](C(F)F)[C@](C)(COc2nc(N3CCOC[C@@](C)(O)C3)c3cc(Cl)c(-c4cccc5sc(N)c(C#N)c45)c(F)c3n2)C1. The second-order valence-electron chi connectivity index (χ2n) is 12.5. The quantitative estimate of drug-likeness (QED) is 0.255. The Hall–Kier alpha value is -3.41. The first-order valence-electron chi connectivity index (χ1n) is 16.2. The number of aliphatic hydroxyl groups is 1. The summed E-state index contributed by atoms with van der Waals surface area (Å²) in [6.07, 6.45) is -2.81. The third-order valence-corrected chi connectivity index (χ3v) is 9.99. The van der Waals surface area contributed by atoms with Gasteiger partial charge in [-0.25, -0.2) is 13.2 Å². The molecule has 2 aliphatic heterocycles. The van der Waals surface area contributed by atoms with E-state index < -0.39 is 36.2 Å². The number of nitrogen functional groups attached to an aromatic ring is 1. The Morgan fingerprint density at radius 3 is 2.87 bits per heavy atom. The lowest BCUT2D eigenvalue weighted by Gasteiger charge is -2.44. The number of thiophene rings is 1. The molecular formula is C32H34ClF3N6O3S. The highest BCUT2D eigenvalue weighted by molar-refractivity contribution is 7.23. The lowest BCUT2D eigenvalue weighted by molar-refractivity contribution is -0.0679. The number of ether oxygens (including phenoxy) is 2. The molecule has 4 heterocycles. The van der Waals surface area contributed by atoms with Gasteiger partial charge >= 0.3 is 6.01 Å². The van der Waals surface area contributed by atoms with E-state index in [0.717, 1.165) is 0 Å². The molecule has 46 heavy (non-hydrogen) atoms. The maximum atomic E-state index is 17.0. The molecule has 0 spiro atoms. The minimum absolute atomic E-state index is 0.00163. The summed E-state index contributed by atoms with van der Waals surface area (Å²) in [5.41, 5.74) is 3.74. The van der Waals surface area contributed by atoms with Crippen LogP contribution in [0.1, 0.15) is 29.9 Å². The Bertz CT molecular complexity index is 1960. The lowest BCUT2D eigenvalue weighted by Crippen LogP contribution is -2.51. The van der Waals surface area contributed by atoms with Gasteiger partial charge in [0.05, 0.1) is 37.0 Å². The highest BCUT2D eigenvalue weighted by Gasteiger charge is 2.44. The number of rotatable bonds is 6. The van der Waals surface area contributed by atoms with E-state index in [0.29, 0.717) is 15.6 Å². The van der Waals surface area contributed by atoms with Crippen LogP contribution in [0, 0.1) is 28.5 Å². The van der Waals surface area contributed by atoms with Crippen LogP contribution in [0.3, 0.4) is 0 Å². The maximum Gasteiger partial charge on any atom is 0.319 e. The average Bonchev–Trinajstić information content (AvgIpc) is 3.24. The van der Waals surface area contributed by atoms with Crippen molar-refractivity contribution < 1.29 is 31.9 Å². The Kier molecular flexibility index (Phi) is 7.71. The number of alkyl halides is 2. The van der Waals surface area contributed by atoms with Gasteiger partial charge in [0.15, 0.2) is 5.82 Å². The molecule has 244 valence electrons. The average molecular weight is 678 g/mol.